The van der Waals surface area contributed by atoms with Crippen LogP contribution in [0.1, 0.15) is 31.2 Å². The summed E-state index contributed by atoms with van der Waals surface area (Å²) in [5.74, 6) is 0. The van der Waals surface area contributed by atoms with E-state index < -0.39 is 12.0 Å². The van der Waals surface area contributed by atoms with E-state index in [0.29, 0.717) is 5.57 Å². The Morgan fingerprint density at radius 2 is 1.85 bits per heavy atom. The van der Waals surface area contributed by atoms with Crippen molar-refractivity contribution < 1.29 is 10.2 Å². The van der Waals surface area contributed by atoms with Gasteiger partial charge in [-0.1, -0.05) is 55.8 Å². The Morgan fingerprint density at radius 3 is 2.45 bits per heavy atom. The summed E-state index contributed by atoms with van der Waals surface area (Å²) < 4.78 is 0. The molecule has 1 fully saturated rings. The summed E-state index contributed by atoms with van der Waals surface area (Å²) >= 11 is 0. The van der Waals surface area contributed by atoms with Gasteiger partial charge in [-0.05, 0) is 18.9 Å². The van der Waals surface area contributed by atoms with Gasteiger partial charge >= 0.3 is 0 Å². The maximum absolute atomic E-state index is 11.3. The van der Waals surface area contributed by atoms with Crippen LogP contribution in [0.25, 0.3) is 0 Å². The molecule has 1 aliphatic carbocycles. The molecule has 3 heteroatoms. The largest absolute Gasteiger partial charge is 0.375 e. The van der Waals surface area contributed by atoms with Crippen LogP contribution in [0.5, 0.6) is 0 Å². The van der Waals surface area contributed by atoms with Gasteiger partial charge in [0.05, 0.1) is 0 Å². The minimum atomic E-state index is -1.27. The normalized spacial score (nSPS) is 31.5. The van der Waals surface area contributed by atoms with Crippen LogP contribution in [0.2, 0.25) is 0 Å². The van der Waals surface area contributed by atoms with Gasteiger partial charge in [0.25, 0.3) is 0 Å². The fourth-order valence-corrected chi connectivity index (χ4v) is 3.56. The van der Waals surface area contributed by atoms with E-state index in [2.05, 4.69) is 6.58 Å². The molecule has 1 heterocycles. The van der Waals surface area contributed by atoms with Crippen molar-refractivity contribution in [3.05, 3.63) is 60.2 Å². The summed E-state index contributed by atoms with van der Waals surface area (Å²) in [4.78, 5) is 1.84. The molecular weight excluding hydrogens is 250 g/mol. The topological polar surface area (TPSA) is 43.7 Å². The quantitative estimate of drug-likeness (QED) is 0.888. The van der Waals surface area contributed by atoms with Crippen molar-refractivity contribution in [1.29, 1.82) is 0 Å². The minimum absolute atomic E-state index is 0.212. The molecule has 20 heavy (non-hydrogen) atoms. The van der Waals surface area contributed by atoms with Crippen LogP contribution in [0.4, 0.5) is 0 Å². The van der Waals surface area contributed by atoms with Gasteiger partial charge in [0.15, 0.2) is 5.72 Å². The fourth-order valence-electron chi connectivity index (χ4n) is 3.56. The van der Waals surface area contributed by atoms with Gasteiger partial charge < -0.3 is 10.2 Å². The van der Waals surface area contributed by atoms with Crippen molar-refractivity contribution in [1.82, 2.24) is 4.90 Å². The van der Waals surface area contributed by atoms with Crippen LogP contribution < -0.4 is 0 Å². The van der Waals surface area contributed by atoms with Crippen molar-refractivity contribution in [2.24, 2.45) is 0 Å². The predicted molar refractivity (Wildman–Crippen MR) is 78.7 cm³/mol. The summed E-state index contributed by atoms with van der Waals surface area (Å²) in [6.45, 7) is 3.79. The number of aliphatic hydroxyl groups excluding tert-OH is 1. The average Bonchev–Trinajstić information content (AvgIpc) is 3.06. The van der Waals surface area contributed by atoms with E-state index in [9.17, 15) is 10.2 Å². The predicted octanol–water partition coefficient (Wildman–Crippen LogP) is 2.52. The molecule has 1 aliphatic heterocycles. The monoisotopic (exact) mass is 271 g/mol. The molecule has 2 aliphatic rings. The van der Waals surface area contributed by atoms with E-state index in [1.54, 1.807) is 12.2 Å². The van der Waals surface area contributed by atoms with Crippen molar-refractivity contribution in [3.63, 3.8) is 0 Å². The maximum atomic E-state index is 11.3. The van der Waals surface area contributed by atoms with Crippen LogP contribution in [-0.4, -0.2) is 27.4 Å². The van der Waals surface area contributed by atoms with E-state index in [-0.39, 0.29) is 6.04 Å². The van der Waals surface area contributed by atoms with Gasteiger partial charge in [0, 0.05) is 17.2 Å². The maximum Gasteiger partial charge on any atom is 0.173 e. The van der Waals surface area contributed by atoms with Gasteiger partial charge in [-0.2, -0.15) is 0 Å². The van der Waals surface area contributed by atoms with Crippen molar-refractivity contribution in [3.8, 4) is 0 Å². The smallest absolute Gasteiger partial charge is 0.173 e. The van der Waals surface area contributed by atoms with Crippen LogP contribution in [0, 0.1) is 0 Å². The Morgan fingerprint density at radius 1 is 1.20 bits per heavy atom. The third kappa shape index (κ3) is 1.94. The molecular formula is C17H21NO2. The van der Waals surface area contributed by atoms with Crippen LogP contribution in [0.3, 0.4) is 0 Å². The zero-order valence-electron chi connectivity index (χ0n) is 11.6. The van der Waals surface area contributed by atoms with Gasteiger partial charge in [-0.3, -0.25) is 0 Å². The molecule has 0 radical (unpaired) electrons. The number of rotatable bonds is 3. The number of aliphatic hydroxyl groups is 2. The molecule has 0 saturated heterocycles. The Labute approximate surface area is 119 Å². The molecule has 0 amide bonds. The highest BCUT2D eigenvalue weighted by Gasteiger charge is 2.50. The number of hydrogen-bond donors (Lipinski definition) is 2. The number of hydrogen-bond acceptors (Lipinski definition) is 3. The molecule has 2 atom stereocenters. The van der Waals surface area contributed by atoms with Gasteiger partial charge in [-0.15, -0.1) is 0 Å². The van der Waals surface area contributed by atoms with Crippen LogP contribution in [-0.2, 0) is 5.72 Å². The molecule has 1 aromatic rings. The standard InChI is InChI=1S/C17H21NO2/c1-2-13-12-16(19)18(15-10-6-7-11-15)17(13,20)14-8-4-3-5-9-14/h2-5,8-9,12,15-16,19-20H,1,6-7,10-11H2. The molecule has 3 rings (SSSR count). The van der Waals surface area contributed by atoms with Crippen LogP contribution >= 0.6 is 0 Å². The van der Waals surface area contributed by atoms with E-state index in [1.807, 2.05) is 35.2 Å². The van der Waals surface area contributed by atoms with Crippen molar-refractivity contribution >= 4 is 0 Å². The summed E-state index contributed by atoms with van der Waals surface area (Å²) in [6.07, 6.45) is 6.94. The second-order valence-electron chi connectivity index (χ2n) is 5.62. The molecule has 0 spiro atoms. The summed E-state index contributed by atoms with van der Waals surface area (Å²) in [7, 11) is 0. The summed E-state index contributed by atoms with van der Waals surface area (Å²) in [5.41, 5.74) is 0.190. The summed E-state index contributed by atoms with van der Waals surface area (Å²) in [6, 6.07) is 9.75. The number of nitrogens with zero attached hydrogens (tertiary/aromatic N) is 1. The first-order valence-corrected chi connectivity index (χ1v) is 7.27. The molecule has 0 aromatic heterocycles. The fraction of sp³-hybridized carbons (Fsp3) is 0.412. The molecule has 3 nitrogen and oxygen atoms in total. The Balaban J connectivity index is 2.06. The van der Waals surface area contributed by atoms with Crippen LogP contribution in [0.15, 0.2) is 54.6 Å². The molecule has 2 unspecified atom stereocenters. The highest BCUT2D eigenvalue weighted by Crippen LogP contribution is 2.44. The van der Waals surface area contributed by atoms with E-state index in [1.165, 1.54) is 0 Å². The second kappa shape index (κ2) is 5.17. The second-order valence-corrected chi connectivity index (χ2v) is 5.62. The molecule has 2 N–H and O–H groups in total. The Kier molecular flexibility index (Phi) is 3.50. The van der Waals surface area contributed by atoms with Crippen molar-refractivity contribution in [2.45, 2.75) is 43.7 Å². The third-order valence-electron chi connectivity index (χ3n) is 4.50. The van der Waals surface area contributed by atoms with Crippen molar-refractivity contribution in [2.75, 3.05) is 0 Å². The molecule has 106 valence electrons. The van der Waals surface area contributed by atoms with E-state index in [4.69, 9.17) is 0 Å². The zero-order valence-corrected chi connectivity index (χ0v) is 11.6. The van der Waals surface area contributed by atoms with Gasteiger partial charge in [-0.25, -0.2) is 4.90 Å². The van der Waals surface area contributed by atoms with Gasteiger partial charge in [0.1, 0.15) is 6.23 Å². The first-order valence-electron chi connectivity index (χ1n) is 7.27. The molecule has 0 bridgehead atoms. The highest BCUT2D eigenvalue weighted by atomic mass is 16.3. The first kappa shape index (κ1) is 13.6. The third-order valence-corrected chi connectivity index (χ3v) is 4.50. The molecule has 1 saturated carbocycles. The SMILES string of the molecule is C=CC1=CC(O)N(C2CCCC2)C1(O)c1ccccc1. The Bertz CT molecular complexity index is 519. The lowest BCUT2D eigenvalue weighted by molar-refractivity contribution is -0.147. The lowest BCUT2D eigenvalue weighted by Gasteiger charge is -2.41. The molecule has 1 aromatic carbocycles. The lowest BCUT2D eigenvalue weighted by Crippen LogP contribution is -2.52. The number of benzene rings is 1. The first-order chi connectivity index (χ1) is 9.67. The van der Waals surface area contributed by atoms with E-state index >= 15 is 0 Å². The Hall–Kier alpha value is -1.42. The average molecular weight is 271 g/mol. The highest BCUT2D eigenvalue weighted by molar-refractivity contribution is 5.41. The van der Waals surface area contributed by atoms with E-state index in [0.717, 1.165) is 31.2 Å². The minimum Gasteiger partial charge on any atom is -0.375 e. The lowest BCUT2D eigenvalue weighted by atomic mass is 9.94. The summed E-state index contributed by atoms with van der Waals surface area (Å²) in [5, 5.41) is 21.7. The zero-order chi connectivity index (χ0) is 14.2. The van der Waals surface area contributed by atoms with Gasteiger partial charge in [0.2, 0.25) is 0 Å².